The maximum absolute atomic E-state index is 11.1. The zero-order valence-electron chi connectivity index (χ0n) is 10.7. The summed E-state index contributed by atoms with van der Waals surface area (Å²) in [5, 5.41) is 13.1. The van der Waals surface area contributed by atoms with Crippen LogP contribution in [0.25, 0.3) is 0 Å². The van der Waals surface area contributed by atoms with Crippen LogP contribution in [0, 0.1) is 5.92 Å². The second-order valence-electron chi connectivity index (χ2n) is 4.91. The maximum Gasteiger partial charge on any atom is 0.339 e. The largest absolute Gasteiger partial charge is 0.478 e. The number of aryl methyl sites for hydroxylation is 1. The first kappa shape index (κ1) is 13.0. The number of likely N-dealkylation sites (tertiary alicyclic amines) is 1. The SMILES string of the molecule is Cn1ncc(C(=O)O)c1CN1CCCC(CN)C1. The molecule has 6 nitrogen and oxygen atoms in total. The van der Waals surface area contributed by atoms with E-state index in [0.29, 0.717) is 24.6 Å². The molecule has 18 heavy (non-hydrogen) atoms. The third-order valence-electron chi connectivity index (χ3n) is 3.60. The number of rotatable bonds is 4. The van der Waals surface area contributed by atoms with Gasteiger partial charge in [0.15, 0.2) is 0 Å². The summed E-state index contributed by atoms with van der Waals surface area (Å²) in [6, 6.07) is 0. The van der Waals surface area contributed by atoms with Crippen LogP contribution in [0.2, 0.25) is 0 Å². The molecule has 0 saturated carbocycles. The number of carbonyl (C=O) groups is 1. The van der Waals surface area contributed by atoms with Gasteiger partial charge in [0.2, 0.25) is 0 Å². The Labute approximate surface area is 106 Å². The molecular formula is C12H20N4O2. The average molecular weight is 252 g/mol. The van der Waals surface area contributed by atoms with Crippen molar-refractivity contribution in [3.8, 4) is 0 Å². The van der Waals surface area contributed by atoms with Crippen molar-refractivity contribution >= 4 is 5.97 Å². The van der Waals surface area contributed by atoms with Gasteiger partial charge in [0, 0.05) is 20.1 Å². The van der Waals surface area contributed by atoms with Crippen LogP contribution in [-0.2, 0) is 13.6 Å². The van der Waals surface area contributed by atoms with Gasteiger partial charge in [0.25, 0.3) is 0 Å². The molecule has 2 rings (SSSR count). The molecule has 1 aromatic rings. The summed E-state index contributed by atoms with van der Waals surface area (Å²) in [5.41, 5.74) is 6.77. The quantitative estimate of drug-likeness (QED) is 0.804. The lowest BCUT2D eigenvalue weighted by molar-refractivity contribution is 0.0693. The monoisotopic (exact) mass is 252 g/mol. The van der Waals surface area contributed by atoms with E-state index in [4.69, 9.17) is 10.8 Å². The molecule has 1 unspecified atom stereocenters. The molecule has 0 aliphatic carbocycles. The van der Waals surface area contributed by atoms with Crippen LogP contribution in [0.3, 0.4) is 0 Å². The smallest absolute Gasteiger partial charge is 0.339 e. The second kappa shape index (κ2) is 5.49. The molecule has 1 aromatic heterocycles. The Morgan fingerprint density at radius 1 is 1.67 bits per heavy atom. The van der Waals surface area contributed by atoms with Gasteiger partial charge >= 0.3 is 5.97 Å². The first-order chi connectivity index (χ1) is 8.61. The highest BCUT2D eigenvalue weighted by Gasteiger charge is 2.22. The molecule has 1 atom stereocenters. The summed E-state index contributed by atoms with van der Waals surface area (Å²) < 4.78 is 1.65. The van der Waals surface area contributed by atoms with Crippen LogP contribution in [0.1, 0.15) is 28.9 Å². The number of hydrogen-bond donors (Lipinski definition) is 2. The summed E-state index contributed by atoms with van der Waals surface area (Å²) in [7, 11) is 1.78. The normalized spacial score (nSPS) is 21.1. The highest BCUT2D eigenvalue weighted by molar-refractivity contribution is 5.88. The molecule has 0 radical (unpaired) electrons. The molecule has 1 aliphatic heterocycles. The number of aromatic nitrogens is 2. The number of piperidine rings is 1. The minimum absolute atomic E-state index is 0.298. The van der Waals surface area contributed by atoms with E-state index in [1.165, 1.54) is 12.6 Å². The van der Waals surface area contributed by atoms with E-state index < -0.39 is 5.97 Å². The Bertz CT molecular complexity index is 430. The fraction of sp³-hybridized carbons (Fsp3) is 0.667. The van der Waals surface area contributed by atoms with Gasteiger partial charge in [-0.3, -0.25) is 9.58 Å². The first-order valence-electron chi connectivity index (χ1n) is 6.28. The molecule has 6 heteroatoms. The third kappa shape index (κ3) is 2.70. The number of carboxylic acid groups (broad SMARTS) is 1. The van der Waals surface area contributed by atoms with E-state index in [0.717, 1.165) is 25.2 Å². The second-order valence-corrected chi connectivity index (χ2v) is 4.91. The molecule has 1 aliphatic rings. The van der Waals surface area contributed by atoms with Crippen LogP contribution in [-0.4, -0.2) is 45.4 Å². The Balaban J connectivity index is 2.09. The summed E-state index contributed by atoms with van der Waals surface area (Å²) in [4.78, 5) is 13.4. The van der Waals surface area contributed by atoms with Crippen molar-refractivity contribution in [2.24, 2.45) is 18.7 Å². The van der Waals surface area contributed by atoms with Gasteiger partial charge in [-0.25, -0.2) is 4.79 Å². The maximum atomic E-state index is 11.1. The van der Waals surface area contributed by atoms with E-state index in [1.807, 2.05) is 0 Å². The topological polar surface area (TPSA) is 84.4 Å². The van der Waals surface area contributed by atoms with Gasteiger partial charge in [-0.1, -0.05) is 0 Å². The fourth-order valence-electron chi connectivity index (χ4n) is 2.53. The van der Waals surface area contributed by atoms with E-state index in [2.05, 4.69) is 10.00 Å². The fourth-order valence-corrected chi connectivity index (χ4v) is 2.53. The minimum Gasteiger partial charge on any atom is -0.478 e. The van der Waals surface area contributed by atoms with E-state index >= 15 is 0 Å². The molecule has 0 bridgehead atoms. The van der Waals surface area contributed by atoms with Crippen molar-refractivity contribution in [1.29, 1.82) is 0 Å². The number of hydrogen-bond acceptors (Lipinski definition) is 4. The van der Waals surface area contributed by atoms with E-state index in [-0.39, 0.29) is 0 Å². The average Bonchev–Trinajstić information content (AvgIpc) is 2.71. The highest BCUT2D eigenvalue weighted by Crippen LogP contribution is 2.19. The van der Waals surface area contributed by atoms with Gasteiger partial charge in [-0.05, 0) is 31.8 Å². The van der Waals surface area contributed by atoms with Crippen molar-refractivity contribution in [1.82, 2.24) is 14.7 Å². The van der Waals surface area contributed by atoms with Crippen LogP contribution in [0.5, 0.6) is 0 Å². The zero-order chi connectivity index (χ0) is 13.1. The van der Waals surface area contributed by atoms with Gasteiger partial charge in [-0.2, -0.15) is 5.10 Å². The predicted molar refractivity (Wildman–Crippen MR) is 67.2 cm³/mol. The number of nitrogens with two attached hydrogens (primary N) is 1. The number of nitrogens with zero attached hydrogens (tertiary/aromatic N) is 3. The Hall–Kier alpha value is -1.40. The molecule has 0 amide bonds. The molecule has 3 N–H and O–H groups in total. The summed E-state index contributed by atoms with van der Waals surface area (Å²) in [6.45, 7) is 3.28. The predicted octanol–water partition coefficient (Wildman–Crippen LogP) is 0.289. The van der Waals surface area contributed by atoms with Gasteiger partial charge in [-0.15, -0.1) is 0 Å². The van der Waals surface area contributed by atoms with E-state index in [1.54, 1.807) is 11.7 Å². The van der Waals surface area contributed by atoms with Crippen molar-refractivity contribution in [2.45, 2.75) is 19.4 Å². The molecule has 100 valence electrons. The summed E-state index contributed by atoms with van der Waals surface area (Å²) in [6.07, 6.45) is 3.72. The summed E-state index contributed by atoms with van der Waals surface area (Å²) in [5.74, 6) is -0.384. The summed E-state index contributed by atoms with van der Waals surface area (Å²) >= 11 is 0. The zero-order valence-corrected chi connectivity index (χ0v) is 10.7. The van der Waals surface area contributed by atoms with Crippen molar-refractivity contribution < 1.29 is 9.90 Å². The van der Waals surface area contributed by atoms with Crippen molar-refractivity contribution in [3.05, 3.63) is 17.5 Å². The first-order valence-corrected chi connectivity index (χ1v) is 6.28. The van der Waals surface area contributed by atoms with Gasteiger partial charge in [0.05, 0.1) is 11.9 Å². The molecule has 1 fully saturated rings. The standard InChI is InChI=1S/C12H20N4O2/c1-15-11(10(6-14-15)12(17)18)8-16-4-2-3-9(5-13)7-16/h6,9H,2-5,7-8,13H2,1H3,(H,17,18). The van der Waals surface area contributed by atoms with Crippen molar-refractivity contribution in [2.75, 3.05) is 19.6 Å². The van der Waals surface area contributed by atoms with Crippen LogP contribution in [0.4, 0.5) is 0 Å². The lowest BCUT2D eigenvalue weighted by Gasteiger charge is -2.32. The van der Waals surface area contributed by atoms with Gasteiger partial charge in [0.1, 0.15) is 5.56 Å². The minimum atomic E-state index is -0.912. The van der Waals surface area contributed by atoms with Crippen LogP contribution >= 0.6 is 0 Å². The molecule has 0 aromatic carbocycles. The number of carboxylic acids is 1. The number of aromatic carboxylic acids is 1. The molecule has 0 spiro atoms. The van der Waals surface area contributed by atoms with Crippen molar-refractivity contribution in [3.63, 3.8) is 0 Å². The van der Waals surface area contributed by atoms with Gasteiger partial charge < -0.3 is 10.8 Å². The Morgan fingerprint density at radius 3 is 3.11 bits per heavy atom. The molecule has 1 saturated heterocycles. The molecular weight excluding hydrogens is 232 g/mol. The lowest BCUT2D eigenvalue weighted by atomic mass is 9.98. The van der Waals surface area contributed by atoms with Crippen LogP contribution < -0.4 is 5.73 Å². The van der Waals surface area contributed by atoms with Crippen LogP contribution in [0.15, 0.2) is 6.20 Å². The molecule has 2 heterocycles. The van der Waals surface area contributed by atoms with E-state index in [9.17, 15) is 4.79 Å². The Morgan fingerprint density at radius 2 is 2.44 bits per heavy atom. The lowest BCUT2D eigenvalue weighted by Crippen LogP contribution is -2.38. The third-order valence-corrected chi connectivity index (χ3v) is 3.60. The Kier molecular flexibility index (Phi) is 3.98. The highest BCUT2D eigenvalue weighted by atomic mass is 16.4.